The van der Waals surface area contributed by atoms with Crippen LogP contribution in [0.3, 0.4) is 0 Å². The lowest BCUT2D eigenvalue weighted by Gasteiger charge is -2.22. The Morgan fingerprint density at radius 2 is 1.93 bits per heavy atom. The molecule has 1 rings (SSSR count). The van der Waals surface area contributed by atoms with Crippen LogP contribution >= 0.6 is 15.9 Å². The van der Waals surface area contributed by atoms with Crippen molar-refractivity contribution in [2.45, 2.75) is 33.1 Å². The third kappa shape index (κ3) is 2.23. The first-order valence-electron chi connectivity index (χ1n) is 4.76. The van der Waals surface area contributed by atoms with Crippen LogP contribution in [0.15, 0.2) is 10.5 Å². The molecular formula is C12H15BrO2. The van der Waals surface area contributed by atoms with Gasteiger partial charge in [-0.1, -0.05) is 20.8 Å². The molecule has 0 aliphatic rings. The highest BCUT2D eigenvalue weighted by atomic mass is 79.9. The molecule has 0 atom stereocenters. The summed E-state index contributed by atoms with van der Waals surface area (Å²) in [6.07, 6.45) is 0.814. The van der Waals surface area contributed by atoms with E-state index >= 15 is 0 Å². The van der Waals surface area contributed by atoms with Crippen LogP contribution in [0.25, 0.3) is 0 Å². The molecular weight excluding hydrogens is 256 g/mol. The maximum atomic E-state index is 10.9. The zero-order valence-corrected chi connectivity index (χ0v) is 11.0. The molecule has 0 aliphatic carbocycles. The van der Waals surface area contributed by atoms with Crippen molar-refractivity contribution in [3.8, 4) is 5.75 Å². The maximum Gasteiger partial charge on any atom is 0.150 e. The number of aromatic hydroxyl groups is 1. The number of hydrogen-bond donors (Lipinski definition) is 1. The lowest BCUT2D eigenvalue weighted by molar-refractivity contribution is 0.112. The Morgan fingerprint density at radius 3 is 2.33 bits per heavy atom. The number of carbonyl (C=O) groups excluding carboxylic acids is 1. The second-order valence-corrected chi connectivity index (χ2v) is 5.46. The van der Waals surface area contributed by atoms with Gasteiger partial charge in [-0.05, 0) is 39.9 Å². The molecule has 0 saturated carbocycles. The van der Waals surface area contributed by atoms with E-state index in [9.17, 15) is 9.90 Å². The van der Waals surface area contributed by atoms with Crippen LogP contribution in [0.1, 0.15) is 42.3 Å². The number of aldehydes is 1. The molecule has 0 aliphatic heterocycles. The average Bonchev–Trinajstić information content (AvgIpc) is 2.13. The van der Waals surface area contributed by atoms with Crippen molar-refractivity contribution in [3.63, 3.8) is 0 Å². The van der Waals surface area contributed by atoms with Crippen molar-refractivity contribution >= 4 is 22.2 Å². The van der Waals surface area contributed by atoms with Gasteiger partial charge in [-0.3, -0.25) is 4.79 Å². The third-order valence-corrected chi connectivity index (χ3v) is 3.43. The summed E-state index contributed by atoms with van der Waals surface area (Å²) < 4.78 is 0.608. The van der Waals surface area contributed by atoms with Gasteiger partial charge >= 0.3 is 0 Å². The van der Waals surface area contributed by atoms with Crippen molar-refractivity contribution in [3.05, 3.63) is 27.2 Å². The van der Waals surface area contributed by atoms with E-state index in [1.54, 1.807) is 13.0 Å². The summed E-state index contributed by atoms with van der Waals surface area (Å²) in [4.78, 5) is 10.9. The predicted molar refractivity (Wildman–Crippen MR) is 64.6 cm³/mol. The fourth-order valence-electron chi connectivity index (χ4n) is 1.45. The molecule has 15 heavy (non-hydrogen) atoms. The first kappa shape index (κ1) is 12.2. The van der Waals surface area contributed by atoms with Gasteiger partial charge in [0.05, 0.1) is 4.47 Å². The first-order valence-corrected chi connectivity index (χ1v) is 5.56. The van der Waals surface area contributed by atoms with Crippen LogP contribution in [0.5, 0.6) is 5.75 Å². The fraction of sp³-hybridized carbons (Fsp3) is 0.417. The predicted octanol–water partition coefficient (Wildman–Crippen LogP) is 3.57. The third-order valence-electron chi connectivity index (χ3n) is 2.46. The highest BCUT2D eigenvalue weighted by Crippen LogP contribution is 2.39. The summed E-state index contributed by atoms with van der Waals surface area (Å²) in [5.41, 5.74) is 1.99. The van der Waals surface area contributed by atoms with Crippen LogP contribution in [-0.4, -0.2) is 11.4 Å². The standard InChI is InChI=1S/C12H15BrO2/c1-7-8(6-14)5-9(12(2,3)4)11(15)10(7)13/h5-6,15H,1-4H3. The van der Waals surface area contributed by atoms with E-state index < -0.39 is 0 Å². The molecule has 0 amide bonds. The van der Waals surface area contributed by atoms with Gasteiger partial charge in [0, 0.05) is 11.1 Å². The first-order chi connectivity index (χ1) is 6.79. The zero-order valence-electron chi connectivity index (χ0n) is 9.39. The minimum absolute atomic E-state index is 0.182. The Hall–Kier alpha value is -0.830. The number of benzene rings is 1. The monoisotopic (exact) mass is 270 g/mol. The molecule has 82 valence electrons. The van der Waals surface area contributed by atoms with Crippen molar-refractivity contribution < 1.29 is 9.90 Å². The molecule has 3 heteroatoms. The SMILES string of the molecule is Cc1c(C=O)cc(C(C)(C)C)c(O)c1Br. The second-order valence-electron chi connectivity index (χ2n) is 4.67. The van der Waals surface area contributed by atoms with Crippen LogP contribution in [0, 0.1) is 6.92 Å². The van der Waals surface area contributed by atoms with Gasteiger partial charge in [-0.2, -0.15) is 0 Å². The highest BCUT2D eigenvalue weighted by Gasteiger charge is 2.22. The number of carbonyl (C=O) groups is 1. The van der Waals surface area contributed by atoms with E-state index in [2.05, 4.69) is 15.9 Å². The number of hydrogen-bond acceptors (Lipinski definition) is 2. The van der Waals surface area contributed by atoms with Gasteiger partial charge in [0.25, 0.3) is 0 Å². The van der Waals surface area contributed by atoms with E-state index in [4.69, 9.17) is 0 Å². The van der Waals surface area contributed by atoms with Gasteiger partial charge in [0.2, 0.25) is 0 Å². The number of rotatable bonds is 1. The molecule has 0 spiro atoms. The lowest BCUT2D eigenvalue weighted by Crippen LogP contribution is -2.12. The van der Waals surface area contributed by atoms with E-state index in [-0.39, 0.29) is 11.2 Å². The molecule has 0 heterocycles. The Morgan fingerprint density at radius 1 is 1.40 bits per heavy atom. The zero-order chi connectivity index (χ0) is 11.8. The van der Waals surface area contributed by atoms with Crippen molar-refractivity contribution in [2.24, 2.45) is 0 Å². The van der Waals surface area contributed by atoms with Crippen LogP contribution < -0.4 is 0 Å². The maximum absolute atomic E-state index is 10.9. The molecule has 1 N–H and O–H groups in total. The van der Waals surface area contributed by atoms with E-state index in [0.717, 1.165) is 17.4 Å². The van der Waals surface area contributed by atoms with Gasteiger partial charge in [-0.25, -0.2) is 0 Å². The Kier molecular flexibility index (Phi) is 3.24. The van der Waals surface area contributed by atoms with Crippen LogP contribution in [-0.2, 0) is 5.41 Å². The summed E-state index contributed by atoms with van der Waals surface area (Å²) >= 11 is 3.31. The molecule has 0 saturated heterocycles. The number of phenols is 1. The van der Waals surface area contributed by atoms with Crippen LogP contribution in [0.2, 0.25) is 0 Å². The molecule has 0 aromatic heterocycles. The molecule has 0 radical (unpaired) electrons. The Balaban J connectivity index is 3.56. The lowest BCUT2D eigenvalue weighted by atomic mass is 9.84. The minimum Gasteiger partial charge on any atom is -0.506 e. The summed E-state index contributed by atoms with van der Waals surface area (Å²) in [7, 11) is 0. The van der Waals surface area contributed by atoms with Gasteiger partial charge in [0.1, 0.15) is 12.0 Å². The summed E-state index contributed by atoms with van der Waals surface area (Å²) in [5, 5.41) is 9.97. The van der Waals surface area contributed by atoms with Crippen molar-refractivity contribution in [1.82, 2.24) is 0 Å². The van der Waals surface area contributed by atoms with Gasteiger partial charge < -0.3 is 5.11 Å². The second kappa shape index (κ2) is 3.97. The van der Waals surface area contributed by atoms with Crippen LogP contribution in [0.4, 0.5) is 0 Å². The quantitative estimate of drug-likeness (QED) is 0.793. The summed E-state index contributed by atoms with van der Waals surface area (Å²) in [5.74, 6) is 0.227. The van der Waals surface area contributed by atoms with E-state index in [0.29, 0.717) is 10.0 Å². The average molecular weight is 271 g/mol. The molecule has 0 fully saturated rings. The van der Waals surface area contributed by atoms with E-state index in [1.165, 1.54) is 0 Å². The van der Waals surface area contributed by atoms with Gasteiger partial charge in [0.15, 0.2) is 0 Å². The molecule has 1 aromatic rings. The van der Waals surface area contributed by atoms with Gasteiger partial charge in [-0.15, -0.1) is 0 Å². The normalized spacial score (nSPS) is 11.5. The molecule has 1 aromatic carbocycles. The molecule has 0 bridgehead atoms. The largest absolute Gasteiger partial charge is 0.506 e. The Labute approximate surface area is 98.4 Å². The van der Waals surface area contributed by atoms with Crippen molar-refractivity contribution in [2.75, 3.05) is 0 Å². The topological polar surface area (TPSA) is 37.3 Å². The summed E-state index contributed by atoms with van der Waals surface area (Å²) in [6.45, 7) is 7.80. The summed E-state index contributed by atoms with van der Waals surface area (Å²) in [6, 6.07) is 1.75. The van der Waals surface area contributed by atoms with E-state index in [1.807, 2.05) is 20.8 Å². The smallest absolute Gasteiger partial charge is 0.150 e. The minimum atomic E-state index is -0.182. The number of phenolic OH excluding ortho intramolecular Hbond substituents is 1. The number of halogens is 1. The fourth-order valence-corrected chi connectivity index (χ4v) is 1.89. The molecule has 0 unspecified atom stereocenters. The Bertz CT molecular complexity index is 403. The van der Waals surface area contributed by atoms with Crippen molar-refractivity contribution in [1.29, 1.82) is 0 Å². The highest BCUT2D eigenvalue weighted by molar-refractivity contribution is 9.10. The molecule has 2 nitrogen and oxygen atoms in total.